The van der Waals surface area contributed by atoms with Crippen LogP contribution in [0.3, 0.4) is 0 Å². The Hall–Kier alpha value is -4.25. The number of nitriles is 1. The van der Waals surface area contributed by atoms with Crippen molar-refractivity contribution < 1.29 is 9.53 Å². The zero-order valence-electron chi connectivity index (χ0n) is 19.7. The third-order valence-corrected chi connectivity index (χ3v) is 5.78. The molecule has 0 aliphatic heterocycles. The number of rotatable bonds is 7. The Morgan fingerprint density at radius 2 is 1.97 bits per heavy atom. The summed E-state index contributed by atoms with van der Waals surface area (Å²) in [5.74, 6) is 1.23. The van der Waals surface area contributed by atoms with Gasteiger partial charge in [0.05, 0.1) is 6.20 Å². The van der Waals surface area contributed by atoms with Gasteiger partial charge >= 0.3 is 0 Å². The average Bonchev–Trinajstić information content (AvgIpc) is 3.23. The van der Waals surface area contributed by atoms with Crippen molar-refractivity contribution in [2.75, 3.05) is 0 Å². The number of aryl methyl sites for hydroxylation is 4. The Balaban J connectivity index is 1.33. The van der Waals surface area contributed by atoms with Crippen molar-refractivity contribution in [1.29, 1.82) is 5.26 Å². The van der Waals surface area contributed by atoms with Crippen LogP contribution in [0.1, 0.15) is 45.6 Å². The third-order valence-electron chi connectivity index (χ3n) is 5.78. The number of benzene rings is 1. The summed E-state index contributed by atoms with van der Waals surface area (Å²) in [6.07, 6.45) is 4.08. The Kier molecular flexibility index (Phi) is 6.55. The Morgan fingerprint density at radius 1 is 1.15 bits per heavy atom. The number of hydrogen-bond acceptors (Lipinski definition) is 6. The van der Waals surface area contributed by atoms with E-state index in [1.807, 2.05) is 52.0 Å². The van der Waals surface area contributed by atoms with Crippen LogP contribution in [-0.2, 0) is 17.8 Å². The van der Waals surface area contributed by atoms with Crippen LogP contribution in [0.4, 0.5) is 0 Å². The molecule has 8 nitrogen and oxygen atoms in total. The minimum Gasteiger partial charge on any atom is -0.439 e. The van der Waals surface area contributed by atoms with Gasteiger partial charge in [0.2, 0.25) is 11.8 Å². The number of pyridine rings is 1. The van der Waals surface area contributed by atoms with Gasteiger partial charge in [0, 0.05) is 36.6 Å². The highest BCUT2D eigenvalue weighted by Gasteiger charge is 2.15. The highest BCUT2D eigenvalue weighted by atomic mass is 16.5. The first-order valence-corrected chi connectivity index (χ1v) is 11.1. The molecule has 8 heteroatoms. The molecular formula is C26H26N6O2. The van der Waals surface area contributed by atoms with Gasteiger partial charge < -0.3 is 10.1 Å². The summed E-state index contributed by atoms with van der Waals surface area (Å²) in [7, 11) is 0. The topological polar surface area (TPSA) is 105 Å². The van der Waals surface area contributed by atoms with E-state index in [1.54, 1.807) is 16.8 Å². The van der Waals surface area contributed by atoms with Crippen LogP contribution in [0.15, 0.2) is 42.7 Å². The van der Waals surface area contributed by atoms with Crippen LogP contribution in [-0.4, -0.2) is 25.5 Å². The molecular weight excluding hydrogens is 428 g/mol. The molecule has 172 valence electrons. The fraction of sp³-hybridized carbons (Fsp3) is 0.269. The minimum atomic E-state index is -0.0622. The SMILES string of the molecule is Cc1ccc(C)c(Oc2ccc(CNC(=O)CCc3c(C)nc4c(C#N)cnn4c3C)cn2)c1. The predicted molar refractivity (Wildman–Crippen MR) is 128 cm³/mol. The average molecular weight is 455 g/mol. The molecule has 0 bridgehead atoms. The van der Waals surface area contributed by atoms with Crippen molar-refractivity contribution >= 4 is 11.6 Å². The number of amides is 1. The first-order valence-electron chi connectivity index (χ1n) is 11.1. The normalized spacial score (nSPS) is 10.8. The van der Waals surface area contributed by atoms with E-state index in [4.69, 9.17) is 4.74 Å². The lowest BCUT2D eigenvalue weighted by molar-refractivity contribution is -0.121. The molecule has 0 radical (unpaired) electrons. The van der Waals surface area contributed by atoms with Crippen molar-refractivity contribution in [3.8, 4) is 17.7 Å². The minimum absolute atomic E-state index is 0.0622. The second-order valence-corrected chi connectivity index (χ2v) is 8.32. The number of hydrogen-bond donors (Lipinski definition) is 1. The number of carbonyl (C=O) groups is 1. The monoisotopic (exact) mass is 454 g/mol. The van der Waals surface area contributed by atoms with E-state index in [1.165, 1.54) is 6.20 Å². The zero-order valence-corrected chi connectivity index (χ0v) is 19.7. The van der Waals surface area contributed by atoms with E-state index in [0.29, 0.717) is 36.5 Å². The van der Waals surface area contributed by atoms with E-state index < -0.39 is 0 Å². The van der Waals surface area contributed by atoms with Gasteiger partial charge in [0.25, 0.3) is 0 Å². The lowest BCUT2D eigenvalue weighted by Gasteiger charge is -2.12. The first kappa shape index (κ1) is 22.9. The van der Waals surface area contributed by atoms with Gasteiger partial charge in [-0.1, -0.05) is 18.2 Å². The molecule has 0 aliphatic rings. The molecule has 0 atom stereocenters. The van der Waals surface area contributed by atoms with Gasteiger partial charge in [-0.2, -0.15) is 10.4 Å². The second-order valence-electron chi connectivity index (χ2n) is 8.32. The number of aromatic nitrogens is 4. The van der Waals surface area contributed by atoms with Crippen LogP contribution in [0, 0.1) is 39.0 Å². The maximum Gasteiger partial charge on any atom is 0.220 e. The molecule has 0 fully saturated rings. The second kappa shape index (κ2) is 9.71. The van der Waals surface area contributed by atoms with Gasteiger partial charge in [-0.05, 0) is 62.4 Å². The zero-order chi connectivity index (χ0) is 24.2. The van der Waals surface area contributed by atoms with Crippen molar-refractivity contribution in [2.24, 2.45) is 0 Å². The molecule has 0 saturated heterocycles. The van der Waals surface area contributed by atoms with Gasteiger partial charge in [-0.3, -0.25) is 4.79 Å². The first-order chi connectivity index (χ1) is 16.4. The largest absolute Gasteiger partial charge is 0.439 e. The molecule has 0 unspecified atom stereocenters. The molecule has 3 aromatic heterocycles. The molecule has 4 rings (SSSR count). The summed E-state index contributed by atoms with van der Waals surface area (Å²) >= 11 is 0. The number of carbonyl (C=O) groups excluding carboxylic acids is 1. The highest BCUT2D eigenvalue weighted by molar-refractivity contribution is 5.76. The number of fused-ring (bicyclic) bond motifs is 1. The smallest absolute Gasteiger partial charge is 0.220 e. The predicted octanol–water partition coefficient (Wildman–Crippen LogP) is 4.27. The van der Waals surface area contributed by atoms with E-state index >= 15 is 0 Å². The maximum absolute atomic E-state index is 12.5. The Labute approximate surface area is 198 Å². The standard InChI is InChI=1S/C26H26N6O2/c1-16-5-6-17(2)23(11-16)34-25-10-7-20(14-29-25)13-28-24(33)9-8-22-18(3)31-26-21(12-27)15-30-32(26)19(22)4/h5-7,10-11,14-15H,8-9,13H2,1-4H3,(H,28,33). The van der Waals surface area contributed by atoms with Gasteiger partial charge in [0.1, 0.15) is 17.4 Å². The van der Waals surface area contributed by atoms with Crippen molar-refractivity contribution in [3.05, 3.63) is 81.9 Å². The molecule has 3 heterocycles. The van der Waals surface area contributed by atoms with Crippen molar-refractivity contribution in [2.45, 2.75) is 47.1 Å². The van der Waals surface area contributed by atoms with Gasteiger partial charge in [-0.15, -0.1) is 0 Å². The summed E-state index contributed by atoms with van der Waals surface area (Å²) in [5, 5.41) is 16.4. The van der Waals surface area contributed by atoms with Crippen molar-refractivity contribution in [1.82, 2.24) is 24.9 Å². The van der Waals surface area contributed by atoms with Crippen LogP contribution in [0.2, 0.25) is 0 Å². The summed E-state index contributed by atoms with van der Waals surface area (Å²) in [6.45, 7) is 8.22. The molecule has 0 aliphatic carbocycles. The Morgan fingerprint density at radius 3 is 2.71 bits per heavy atom. The summed E-state index contributed by atoms with van der Waals surface area (Å²) in [5.41, 5.74) is 6.69. The van der Waals surface area contributed by atoms with E-state index in [9.17, 15) is 10.1 Å². The quantitative estimate of drug-likeness (QED) is 0.447. The molecule has 1 aromatic carbocycles. The van der Waals surface area contributed by atoms with Crippen LogP contribution >= 0.6 is 0 Å². The molecule has 4 aromatic rings. The van der Waals surface area contributed by atoms with E-state index in [0.717, 1.165) is 39.4 Å². The number of ether oxygens (including phenoxy) is 1. The van der Waals surface area contributed by atoms with Gasteiger partial charge in [0.15, 0.2) is 5.65 Å². The van der Waals surface area contributed by atoms with Crippen LogP contribution < -0.4 is 10.1 Å². The summed E-state index contributed by atoms with van der Waals surface area (Å²) < 4.78 is 7.55. The van der Waals surface area contributed by atoms with Crippen molar-refractivity contribution in [3.63, 3.8) is 0 Å². The lowest BCUT2D eigenvalue weighted by Crippen LogP contribution is -2.23. The number of nitrogens with zero attached hydrogens (tertiary/aromatic N) is 5. The maximum atomic E-state index is 12.5. The fourth-order valence-corrected chi connectivity index (χ4v) is 3.79. The molecule has 0 saturated carbocycles. The molecule has 0 spiro atoms. The van der Waals surface area contributed by atoms with E-state index in [-0.39, 0.29) is 5.91 Å². The number of nitrogens with one attached hydrogen (secondary N) is 1. The van der Waals surface area contributed by atoms with Gasteiger partial charge in [-0.25, -0.2) is 14.5 Å². The van der Waals surface area contributed by atoms with Crippen LogP contribution in [0.5, 0.6) is 11.6 Å². The fourth-order valence-electron chi connectivity index (χ4n) is 3.79. The lowest BCUT2D eigenvalue weighted by atomic mass is 10.1. The summed E-state index contributed by atoms with van der Waals surface area (Å²) in [6, 6.07) is 11.8. The molecule has 1 amide bonds. The third kappa shape index (κ3) is 4.89. The highest BCUT2D eigenvalue weighted by Crippen LogP contribution is 2.24. The summed E-state index contributed by atoms with van der Waals surface area (Å²) in [4.78, 5) is 21.3. The Bertz CT molecular complexity index is 1400. The van der Waals surface area contributed by atoms with E-state index in [2.05, 4.69) is 26.5 Å². The molecule has 1 N–H and O–H groups in total. The van der Waals surface area contributed by atoms with Crippen LogP contribution in [0.25, 0.3) is 5.65 Å². The molecule has 34 heavy (non-hydrogen) atoms.